The Labute approximate surface area is 183 Å². The van der Waals surface area contributed by atoms with Crippen molar-refractivity contribution in [2.45, 2.75) is 26.6 Å². The monoisotopic (exact) mass is 420 g/mol. The Hall–Kier alpha value is -3.17. The third-order valence-corrected chi connectivity index (χ3v) is 8.83. The maximum absolute atomic E-state index is 6.67. The van der Waals surface area contributed by atoms with E-state index in [9.17, 15) is 0 Å². The van der Waals surface area contributed by atoms with Crippen LogP contribution in [0.5, 0.6) is 11.5 Å². The Bertz CT molecular complexity index is 1560. The van der Waals surface area contributed by atoms with Crippen LogP contribution in [0.2, 0.25) is 19.6 Å². The van der Waals surface area contributed by atoms with Gasteiger partial charge >= 0.3 is 0 Å². The van der Waals surface area contributed by atoms with Crippen LogP contribution in [0.25, 0.3) is 43.6 Å². The predicted octanol–water partition coefficient (Wildman–Crippen LogP) is 6.60. The number of hydrogen-bond donors (Lipinski definition) is 0. The van der Waals surface area contributed by atoms with Crippen LogP contribution in [0.1, 0.15) is 5.56 Å². The summed E-state index contributed by atoms with van der Waals surface area (Å²) in [5, 5.41) is 9.15. The van der Waals surface area contributed by atoms with Crippen LogP contribution in [0, 0.1) is 6.92 Å². The highest BCUT2D eigenvalue weighted by Gasteiger charge is 2.31. The molecular formula is C28H26NOSi+. The van der Waals surface area contributed by atoms with Gasteiger partial charge in [-0.05, 0) is 46.2 Å². The molecule has 2 heterocycles. The number of nitrogens with zero attached hydrogens (tertiary/aromatic N) is 1. The van der Waals surface area contributed by atoms with Crippen molar-refractivity contribution in [1.82, 2.24) is 0 Å². The molecule has 4 aromatic carbocycles. The molecule has 0 saturated carbocycles. The summed E-state index contributed by atoms with van der Waals surface area (Å²) < 4.78 is 8.92. The van der Waals surface area contributed by atoms with Crippen LogP contribution in [0.15, 0.2) is 66.9 Å². The molecule has 152 valence electrons. The Morgan fingerprint density at radius 3 is 2.35 bits per heavy atom. The van der Waals surface area contributed by atoms with Crippen molar-refractivity contribution in [3.63, 3.8) is 0 Å². The molecule has 0 atom stereocenters. The summed E-state index contributed by atoms with van der Waals surface area (Å²) in [5.41, 5.74) is 3.73. The molecule has 0 spiro atoms. The van der Waals surface area contributed by atoms with E-state index in [0.717, 1.165) is 11.5 Å². The van der Waals surface area contributed by atoms with Gasteiger partial charge in [-0.1, -0.05) is 67.3 Å². The largest absolute Gasteiger partial charge is 0.456 e. The van der Waals surface area contributed by atoms with Gasteiger partial charge in [0.15, 0.2) is 6.20 Å². The highest BCUT2D eigenvalue weighted by molar-refractivity contribution is 6.90. The summed E-state index contributed by atoms with van der Waals surface area (Å²) in [6, 6.07) is 22.1. The van der Waals surface area contributed by atoms with E-state index in [-0.39, 0.29) is 0 Å². The number of hydrogen-bond acceptors (Lipinski definition) is 1. The van der Waals surface area contributed by atoms with Crippen molar-refractivity contribution >= 4 is 45.6 Å². The molecule has 2 nitrogen and oxygen atoms in total. The molecule has 6 rings (SSSR count). The molecule has 0 radical (unpaired) electrons. The van der Waals surface area contributed by atoms with Gasteiger partial charge < -0.3 is 4.74 Å². The Kier molecular flexibility index (Phi) is 3.70. The molecule has 1 aliphatic heterocycles. The number of fused-ring (bicyclic) bond motifs is 5. The highest BCUT2D eigenvalue weighted by Crippen LogP contribution is 2.49. The lowest BCUT2D eigenvalue weighted by Gasteiger charge is -2.25. The van der Waals surface area contributed by atoms with E-state index in [4.69, 9.17) is 4.74 Å². The Balaban J connectivity index is 1.81. The van der Waals surface area contributed by atoms with Gasteiger partial charge in [-0.15, -0.1) is 0 Å². The highest BCUT2D eigenvalue weighted by atomic mass is 28.3. The van der Waals surface area contributed by atoms with Crippen LogP contribution in [-0.2, 0) is 7.05 Å². The van der Waals surface area contributed by atoms with E-state index in [0.29, 0.717) is 0 Å². The molecule has 0 saturated heterocycles. The molecule has 5 aromatic rings. The second-order valence-corrected chi connectivity index (χ2v) is 14.8. The number of pyridine rings is 1. The summed E-state index contributed by atoms with van der Waals surface area (Å²) in [4.78, 5) is 0. The lowest BCUT2D eigenvalue weighted by atomic mass is 9.90. The lowest BCUT2D eigenvalue weighted by Crippen LogP contribution is -2.38. The van der Waals surface area contributed by atoms with Gasteiger partial charge in [0.1, 0.15) is 18.5 Å². The second kappa shape index (κ2) is 6.18. The minimum absolute atomic E-state index is 0.955. The van der Waals surface area contributed by atoms with Crippen LogP contribution < -0.4 is 14.5 Å². The number of aromatic nitrogens is 1. The van der Waals surface area contributed by atoms with E-state index >= 15 is 0 Å². The summed E-state index contributed by atoms with van der Waals surface area (Å²) >= 11 is 0. The standard InChI is InChI=1S/C28H26NOSi/c1-17-19-10-7-6-9-18(19)15-23-26(17)28-27-21(13-14-29(28)2)20-11-8-12-25(31(3,4)5)22(20)16-24(27)30-23/h6-16H,1-5H3/q+1. The fourth-order valence-electron chi connectivity index (χ4n) is 5.31. The molecule has 0 amide bonds. The van der Waals surface area contributed by atoms with Crippen molar-refractivity contribution in [3.05, 3.63) is 72.4 Å². The average molecular weight is 421 g/mol. The van der Waals surface area contributed by atoms with Gasteiger partial charge in [-0.3, -0.25) is 0 Å². The summed E-state index contributed by atoms with van der Waals surface area (Å²) in [7, 11) is 0.639. The van der Waals surface area contributed by atoms with Gasteiger partial charge in [0.2, 0.25) is 5.69 Å². The molecular weight excluding hydrogens is 394 g/mol. The maximum atomic E-state index is 6.67. The molecule has 1 aromatic heterocycles. The lowest BCUT2D eigenvalue weighted by molar-refractivity contribution is -0.659. The van der Waals surface area contributed by atoms with Crippen LogP contribution in [0.3, 0.4) is 0 Å². The zero-order valence-electron chi connectivity index (χ0n) is 18.7. The zero-order chi connectivity index (χ0) is 21.5. The fourth-order valence-corrected chi connectivity index (χ4v) is 6.92. The van der Waals surface area contributed by atoms with Crippen LogP contribution in [0.4, 0.5) is 0 Å². The molecule has 1 aliphatic rings. The molecule has 0 bridgehead atoms. The van der Waals surface area contributed by atoms with Crippen LogP contribution >= 0.6 is 0 Å². The normalized spacial score (nSPS) is 12.9. The van der Waals surface area contributed by atoms with Gasteiger partial charge in [-0.2, -0.15) is 0 Å². The number of ether oxygens (including phenoxy) is 1. The minimum Gasteiger partial charge on any atom is -0.456 e. The van der Waals surface area contributed by atoms with Crippen molar-refractivity contribution < 1.29 is 9.30 Å². The average Bonchev–Trinajstić information content (AvgIpc) is 2.74. The first-order valence-electron chi connectivity index (χ1n) is 10.9. The first-order valence-corrected chi connectivity index (χ1v) is 14.4. The van der Waals surface area contributed by atoms with E-state index in [1.54, 1.807) is 0 Å². The predicted molar refractivity (Wildman–Crippen MR) is 133 cm³/mol. The first-order chi connectivity index (χ1) is 14.8. The quantitative estimate of drug-likeness (QED) is 0.166. The number of benzene rings is 4. The van der Waals surface area contributed by atoms with Crippen molar-refractivity contribution in [2.24, 2.45) is 7.05 Å². The molecule has 0 aliphatic carbocycles. The van der Waals surface area contributed by atoms with Crippen molar-refractivity contribution in [1.29, 1.82) is 0 Å². The fraction of sp³-hybridized carbons (Fsp3) is 0.179. The summed E-state index contributed by atoms with van der Waals surface area (Å²) in [5.74, 6) is 1.93. The Morgan fingerprint density at radius 2 is 1.55 bits per heavy atom. The minimum atomic E-state index is -1.50. The van der Waals surface area contributed by atoms with Gasteiger partial charge in [0.05, 0.1) is 19.0 Å². The summed E-state index contributed by atoms with van der Waals surface area (Å²) in [6.07, 6.45) is 2.20. The van der Waals surface area contributed by atoms with E-state index in [1.807, 2.05) is 0 Å². The smallest absolute Gasteiger partial charge is 0.228 e. The second-order valence-electron chi connectivity index (χ2n) is 9.79. The number of rotatable bonds is 1. The Morgan fingerprint density at radius 1 is 0.774 bits per heavy atom. The van der Waals surface area contributed by atoms with E-state index in [1.165, 1.54) is 54.3 Å². The molecule has 0 fully saturated rings. The topological polar surface area (TPSA) is 13.1 Å². The molecule has 3 heteroatoms. The molecule has 0 N–H and O–H groups in total. The third kappa shape index (κ3) is 2.53. The third-order valence-electron chi connectivity index (χ3n) is 6.78. The van der Waals surface area contributed by atoms with E-state index in [2.05, 4.69) is 105 Å². The van der Waals surface area contributed by atoms with Crippen molar-refractivity contribution in [2.75, 3.05) is 0 Å². The van der Waals surface area contributed by atoms with E-state index < -0.39 is 8.07 Å². The van der Waals surface area contributed by atoms with Gasteiger partial charge in [-0.25, -0.2) is 4.57 Å². The van der Waals surface area contributed by atoms with Crippen LogP contribution in [-0.4, -0.2) is 8.07 Å². The van der Waals surface area contributed by atoms with Crippen molar-refractivity contribution in [3.8, 4) is 22.8 Å². The molecule has 0 unspecified atom stereocenters. The number of aryl methyl sites for hydroxylation is 2. The zero-order valence-corrected chi connectivity index (χ0v) is 19.7. The summed E-state index contributed by atoms with van der Waals surface area (Å²) in [6.45, 7) is 9.47. The SMILES string of the molecule is Cc1c2c(cc3ccccc13)Oc1cc3c([Si](C)(C)C)cccc3c3cc[n+](C)c-2c13. The first kappa shape index (κ1) is 18.6. The van der Waals surface area contributed by atoms with Gasteiger partial charge in [0.25, 0.3) is 0 Å². The molecule has 31 heavy (non-hydrogen) atoms. The van der Waals surface area contributed by atoms with Gasteiger partial charge in [0, 0.05) is 11.5 Å². The maximum Gasteiger partial charge on any atom is 0.228 e.